The summed E-state index contributed by atoms with van der Waals surface area (Å²) in [4.78, 5) is 15.4. The smallest absolute Gasteiger partial charge is 0.255 e. The lowest BCUT2D eigenvalue weighted by Crippen LogP contribution is -2.40. The third-order valence-corrected chi connectivity index (χ3v) is 2.20. The van der Waals surface area contributed by atoms with Crippen LogP contribution in [-0.2, 0) is 11.2 Å². The van der Waals surface area contributed by atoms with Gasteiger partial charge in [-0.05, 0) is 6.92 Å². The van der Waals surface area contributed by atoms with Crippen molar-refractivity contribution in [3.8, 4) is 0 Å². The number of hydrogen-bond acceptors (Lipinski definition) is 4. The van der Waals surface area contributed by atoms with Crippen molar-refractivity contribution in [3.05, 3.63) is 11.7 Å². The molecular formula is C11H18FN3O2. The van der Waals surface area contributed by atoms with Gasteiger partial charge in [-0.1, -0.05) is 25.9 Å². The van der Waals surface area contributed by atoms with Crippen molar-refractivity contribution in [1.82, 2.24) is 15.5 Å². The Bertz CT molecular complexity index is 384. The molecule has 1 aromatic rings. The lowest BCUT2D eigenvalue weighted by molar-refractivity contribution is -0.129. The molecule has 0 bridgehead atoms. The molecule has 17 heavy (non-hydrogen) atoms. The summed E-state index contributed by atoms with van der Waals surface area (Å²) < 4.78 is 18.4. The maximum atomic E-state index is 13.6. The molecule has 0 saturated heterocycles. The van der Waals surface area contributed by atoms with Crippen molar-refractivity contribution in [2.75, 3.05) is 6.54 Å². The number of nitrogens with zero attached hydrogens (tertiary/aromatic N) is 2. The van der Waals surface area contributed by atoms with Crippen LogP contribution in [0.25, 0.3) is 0 Å². The Morgan fingerprint density at radius 2 is 2.18 bits per heavy atom. The molecule has 0 aliphatic rings. The average Bonchev–Trinajstić information content (AvgIpc) is 2.61. The van der Waals surface area contributed by atoms with Gasteiger partial charge in [-0.25, -0.2) is 4.39 Å². The molecular weight excluding hydrogens is 225 g/mol. The first-order chi connectivity index (χ1) is 7.80. The molecule has 5 nitrogen and oxygen atoms in total. The standard InChI is InChI=1S/C11H18FN3O2/c1-7-14-8(17-15-7)5-6-13-10(16)9(12)11(2,3)4/h9H,5-6H2,1-4H3,(H,13,16). The van der Waals surface area contributed by atoms with Gasteiger partial charge in [0.25, 0.3) is 5.91 Å². The van der Waals surface area contributed by atoms with E-state index in [0.717, 1.165) is 0 Å². The minimum Gasteiger partial charge on any atom is -0.353 e. The summed E-state index contributed by atoms with van der Waals surface area (Å²) in [6.07, 6.45) is -1.12. The molecule has 0 aliphatic heterocycles. The molecule has 1 N–H and O–H groups in total. The third-order valence-electron chi connectivity index (χ3n) is 2.20. The van der Waals surface area contributed by atoms with Crippen molar-refractivity contribution < 1.29 is 13.7 Å². The molecule has 0 aromatic carbocycles. The van der Waals surface area contributed by atoms with Crippen LogP contribution < -0.4 is 5.32 Å². The molecule has 1 rings (SSSR count). The molecule has 1 atom stereocenters. The third kappa shape index (κ3) is 4.13. The normalized spacial score (nSPS) is 13.5. The Hall–Kier alpha value is -1.46. The maximum Gasteiger partial charge on any atom is 0.255 e. The Balaban J connectivity index is 2.34. The van der Waals surface area contributed by atoms with Crippen LogP contribution in [0.4, 0.5) is 4.39 Å². The van der Waals surface area contributed by atoms with Crippen LogP contribution in [-0.4, -0.2) is 28.8 Å². The molecule has 0 radical (unpaired) electrons. The summed E-state index contributed by atoms with van der Waals surface area (Å²) in [6, 6.07) is 0. The van der Waals surface area contributed by atoms with Gasteiger partial charge in [-0.2, -0.15) is 4.98 Å². The first kappa shape index (κ1) is 13.6. The van der Waals surface area contributed by atoms with Gasteiger partial charge in [0, 0.05) is 18.4 Å². The van der Waals surface area contributed by atoms with Crippen LogP contribution in [0.1, 0.15) is 32.5 Å². The first-order valence-electron chi connectivity index (χ1n) is 5.51. The van der Waals surface area contributed by atoms with Gasteiger partial charge in [0.15, 0.2) is 12.0 Å². The summed E-state index contributed by atoms with van der Waals surface area (Å²) in [5.74, 6) is 0.382. The van der Waals surface area contributed by atoms with Crippen LogP contribution in [0.3, 0.4) is 0 Å². The molecule has 1 unspecified atom stereocenters. The summed E-state index contributed by atoms with van der Waals surface area (Å²) in [6.45, 7) is 7.04. The number of aryl methyl sites for hydroxylation is 1. The van der Waals surface area contributed by atoms with Gasteiger partial charge in [0.1, 0.15) is 0 Å². The Morgan fingerprint density at radius 3 is 2.65 bits per heavy atom. The fraction of sp³-hybridized carbons (Fsp3) is 0.727. The summed E-state index contributed by atoms with van der Waals surface area (Å²) in [5, 5.41) is 6.12. The topological polar surface area (TPSA) is 68.0 Å². The second-order valence-corrected chi connectivity index (χ2v) is 5.00. The van der Waals surface area contributed by atoms with Gasteiger partial charge < -0.3 is 9.84 Å². The number of amides is 1. The number of carbonyl (C=O) groups excluding carboxylic acids is 1. The number of nitrogens with one attached hydrogen (secondary N) is 1. The van der Waals surface area contributed by atoms with Crippen LogP contribution in [0.15, 0.2) is 4.52 Å². The second kappa shape index (κ2) is 5.25. The molecule has 1 heterocycles. The predicted molar refractivity (Wildman–Crippen MR) is 60.1 cm³/mol. The summed E-state index contributed by atoms with van der Waals surface area (Å²) in [5.41, 5.74) is -0.689. The highest BCUT2D eigenvalue weighted by Crippen LogP contribution is 2.22. The molecule has 1 amide bonds. The number of alkyl halides is 1. The van der Waals surface area contributed by atoms with E-state index in [4.69, 9.17) is 4.52 Å². The molecule has 0 fully saturated rings. The van der Waals surface area contributed by atoms with Crippen molar-refractivity contribution in [2.24, 2.45) is 5.41 Å². The molecule has 1 aromatic heterocycles. The largest absolute Gasteiger partial charge is 0.353 e. The first-order valence-corrected chi connectivity index (χ1v) is 5.51. The lowest BCUT2D eigenvalue weighted by Gasteiger charge is -2.22. The fourth-order valence-electron chi connectivity index (χ4n) is 1.22. The van der Waals surface area contributed by atoms with E-state index in [1.54, 1.807) is 27.7 Å². The van der Waals surface area contributed by atoms with Gasteiger partial charge in [-0.3, -0.25) is 4.79 Å². The van der Waals surface area contributed by atoms with E-state index in [-0.39, 0.29) is 6.54 Å². The van der Waals surface area contributed by atoms with E-state index in [1.165, 1.54) is 0 Å². The quantitative estimate of drug-likeness (QED) is 0.868. The van der Waals surface area contributed by atoms with Gasteiger partial charge in [0.2, 0.25) is 5.89 Å². The molecule has 96 valence electrons. The molecule has 0 saturated carbocycles. The van der Waals surface area contributed by atoms with Gasteiger partial charge >= 0.3 is 0 Å². The highest BCUT2D eigenvalue weighted by Gasteiger charge is 2.30. The van der Waals surface area contributed by atoms with Crippen LogP contribution in [0, 0.1) is 12.3 Å². The van der Waals surface area contributed by atoms with Gasteiger partial charge in [0.05, 0.1) is 0 Å². The Kier molecular flexibility index (Phi) is 4.20. The molecule has 0 spiro atoms. The van der Waals surface area contributed by atoms with Crippen molar-refractivity contribution in [3.63, 3.8) is 0 Å². The SMILES string of the molecule is Cc1noc(CCNC(=O)C(F)C(C)(C)C)n1. The van der Waals surface area contributed by atoms with E-state index < -0.39 is 17.5 Å². The lowest BCUT2D eigenvalue weighted by atomic mass is 9.90. The summed E-state index contributed by atoms with van der Waals surface area (Å²) in [7, 11) is 0. The predicted octanol–water partition coefficient (Wildman–Crippen LogP) is 1.42. The molecule has 6 heteroatoms. The minimum atomic E-state index is -1.52. The van der Waals surface area contributed by atoms with E-state index in [2.05, 4.69) is 15.5 Å². The fourth-order valence-corrected chi connectivity index (χ4v) is 1.22. The number of hydrogen-bond donors (Lipinski definition) is 1. The van der Waals surface area contributed by atoms with Crippen LogP contribution in [0.5, 0.6) is 0 Å². The highest BCUT2D eigenvalue weighted by atomic mass is 19.1. The van der Waals surface area contributed by atoms with Crippen LogP contribution >= 0.6 is 0 Å². The van der Waals surface area contributed by atoms with Gasteiger partial charge in [-0.15, -0.1) is 0 Å². The molecule has 0 aliphatic carbocycles. The van der Waals surface area contributed by atoms with Crippen molar-refractivity contribution in [2.45, 2.75) is 40.3 Å². The van der Waals surface area contributed by atoms with Crippen LogP contribution in [0.2, 0.25) is 0 Å². The van der Waals surface area contributed by atoms with E-state index >= 15 is 0 Å². The Labute approximate surface area is 99.8 Å². The number of aromatic nitrogens is 2. The maximum absolute atomic E-state index is 13.6. The Morgan fingerprint density at radius 1 is 1.53 bits per heavy atom. The van der Waals surface area contributed by atoms with E-state index in [9.17, 15) is 9.18 Å². The highest BCUT2D eigenvalue weighted by molar-refractivity contribution is 5.81. The minimum absolute atomic E-state index is 0.289. The number of rotatable bonds is 4. The van der Waals surface area contributed by atoms with E-state index in [0.29, 0.717) is 18.1 Å². The second-order valence-electron chi connectivity index (χ2n) is 5.00. The van der Waals surface area contributed by atoms with Crippen molar-refractivity contribution >= 4 is 5.91 Å². The number of halogens is 1. The average molecular weight is 243 g/mol. The zero-order chi connectivity index (χ0) is 13.1. The summed E-state index contributed by atoms with van der Waals surface area (Å²) >= 11 is 0. The zero-order valence-electron chi connectivity index (χ0n) is 10.6. The van der Waals surface area contributed by atoms with Crippen molar-refractivity contribution in [1.29, 1.82) is 0 Å². The zero-order valence-corrected chi connectivity index (χ0v) is 10.6. The number of carbonyl (C=O) groups is 1. The monoisotopic (exact) mass is 243 g/mol. The van der Waals surface area contributed by atoms with E-state index in [1.807, 2.05) is 0 Å².